The van der Waals surface area contributed by atoms with E-state index in [1.165, 1.54) is 50.5 Å². The summed E-state index contributed by atoms with van der Waals surface area (Å²) in [7, 11) is 0. The lowest BCUT2D eigenvalue weighted by molar-refractivity contribution is -0.139. The average Bonchev–Trinajstić information content (AvgIpc) is 3.17. The maximum atomic E-state index is 11.5. The maximum Gasteiger partial charge on any atom is 0.335 e. The molecule has 3 fully saturated rings. The monoisotopic (exact) mass is 481 g/mol. The van der Waals surface area contributed by atoms with E-state index in [0.717, 1.165) is 24.7 Å². The molecule has 1 aromatic heterocycles. The summed E-state index contributed by atoms with van der Waals surface area (Å²) in [5.74, 6) is 2.86. The van der Waals surface area contributed by atoms with Crippen LogP contribution in [0, 0.1) is 40.4 Å². The molecule has 1 aromatic rings. The van der Waals surface area contributed by atoms with Gasteiger partial charge < -0.3 is 15.3 Å². The van der Waals surface area contributed by atoms with Gasteiger partial charge in [0.1, 0.15) is 6.04 Å². The molecule has 0 radical (unpaired) electrons. The van der Waals surface area contributed by atoms with Crippen LogP contribution in [-0.4, -0.2) is 17.1 Å². The summed E-state index contributed by atoms with van der Waals surface area (Å²) in [5.41, 5.74) is 9.01. The second-order valence-corrected chi connectivity index (χ2v) is 12.9. The summed E-state index contributed by atoms with van der Waals surface area (Å²) >= 11 is 0. The number of allylic oxidation sites excluding steroid dienone is 2. The number of hydrogen-bond donors (Lipinski definition) is 2. The predicted molar refractivity (Wildman–Crippen MR) is 137 cm³/mol. The van der Waals surface area contributed by atoms with Crippen molar-refractivity contribution in [3.05, 3.63) is 46.0 Å². The van der Waals surface area contributed by atoms with Crippen molar-refractivity contribution >= 4 is 5.97 Å². The average molecular weight is 482 g/mol. The summed E-state index contributed by atoms with van der Waals surface area (Å²) in [4.78, 5) is 22.7. The Morgan fingerprint density at radius 3 is 2.71 bits per heavy atom. The van der Waals surface area contributed by atoms with E-state index in [-0.39, 0.29) is 11.0 Å². The topological polar surface area (TPSA) is 93.5 Å². The Kier molecular flexibility index (Phi) is 6.52. The molecular formula is C30H43NO4. The van der Waals surface area contributed by atoms with Gasteiger partial charge in [0.15, 0.2) is 0 Å². The van der Waals surface area contributed by atoms with E-state index >= 15 is 0 Å². The molecule has 0 aliphatic heterocycles. The van der Waals surface area contributed by atoms with E-state index in [4.69, 9.17) is 15.3 Å². The van der Waals surface area contributed by atoms with Crippen LogP contribution >= 0.6 is 0 Å². The van der Waals surface area contributed by atoms with Crippen LogP contribution in [0.25, 0.3) is 0 Å². The summed E-state index contributed by atoms with van der Waals surface area (Å²) in [5, 5.41) is 9.16. The molecule has 5 nitrogen and oxygen atoms in total. The smallest absolute Gasteiger partial charge is 0.335 e. The van der Waals surface area contributed by atoms with Crippen molar-refractivity contribution in [2.24, 2.45) is 46.2 Å². The summed E-state index contributed by atoms with van der Waals surface area (Å²) in [6.07, 6.45) is 16.0. The van der Waals surface area contributed by atoms with E-state index < -0.39 is 12.0 Å². The molecule has 192 valence electrons. The van der Waals surface area contributed by atoms with Crippen molar-refractivity contribution in [3.63, 3.8) is 0 Å². The third-order valence-corrected chi connectivity index (χ3v) is 11.0. The fraction of sp³-hybridized carbons (Fsp3) is 0.733. The van der Waals surface area contributed by atoms with Crippen molar-refractivity contribution in [3.8, 4) is 0 Å². The lowest BCUT2D eigenvalue weighted by Gasteiger charge is -2.60. The minimum atomic E-state index is -0.879. The van der Waals surface area contributed by atoms with Gasteiger partial charge in [0.25, 0.3) is 0 Å². The lowest BCUT2D eigenvalue weighted by Crippen LogP contribution is -2.51. The van der Waals surface area contributed by atoms with Crippen molar-refractivity contribution in [1.29, 1.82) is 0 Å². The van der Waals surface area contributed by atoms with Crippen molar-refractivity contribution in [2.45, 2.75) is 96.9 Å². The Labute approximate surface area is 209 Å². The molecule has 3 saturated carbocycles. The van der Waals surface area contributed by atoms with Gasteiger partial charge in [-0.05, 0) is 122 Å². The first-order valence-corrected chi connectivity index (χ1v) is 13.9. The molecule has 4 aliphatic rings. The van der Waals surface area contributed by atoms with Crippen LogP contribution in [0.5, 0.6) is 0 Å². The fourth-order valence-corrected chi connectivity index (χ4v) is 9.16. The van der Waals surface area contributed by atoms with Gasteiger partial charge in [-0.15, -0.1) is 0 Å². The fourth-order valence-electron chi connectivity index (χ4n) is 9.16. The molecule has 4 aliphatic carbocycles. The van der Waals surface area contributed by atoms with Gasteiger partial charge in [0.05, 0.1) is 6.26 Å². The Bertz CT molecular complexity index is 1020. The highest BCUT2D eigenvalue weighted by Crippen LogP contribution is 2.67. The number of carboxylic acid groups (broad SMARTS) is 1. The van der Waals surface area contributed by atoms with Crippen LogP contribution in [0.3, 0.4) is 0 Å². The van der Waals surface area contributed by atoms with Crippen molar-refractivity contribution < 1.29 is 14.3 Å². The molecule has 3 N–H and O–H groups in total. The van der Waals surface area contributed by atoms with Gasteiger partial charge in [0.2, 0.25) is 0 Å². The van der Waals surface area contributed by atoms with E-state index in [2.05, 4.69) is 26.8 Å². The second kappa shape index (κ2) is 9.21. The Morgan fingerprint density at radius 2 is 2.00 bits per heavy atom. The van der Waals surface area contributed by atoms with E-state index in [1.54, 1.807) is 17.9 Å². The molecule has 0 saturated heterocycles. The third kappa shape index (κ3) is 4.32. The number of hydrogen-bond acceptors (Lipinski definition) is 4. The molecule has 0 spiro atoms. The predicted octanol–water partition coefficient (Wildman–Crippen LogP) is 6.13. The van der Waals surface area contributed by atoms with Crippen molar-refractivity contribution in [1.82, 2.24) is 0 Å². The number of carboxylic acids is 1. The Hall–Kier alpha value is -1.88. The second-order valence-electron chi connectivity index (χ2n) is 12.9. The zero-order valence-electron chi connectivity index (χ0n) is 21.7. The highest BCUT2D eigenvalue weighted by atomic mass is 16.4. The lowest BCUT2D eigenvalue weighted by atomic mass is 9.45. The molecular weight excluding hydrogens is 438 g/mol. The molecule has 1 heterocycles. The largest absolute Gasteiger partial charge is 0.480 e. The van der Waals surface area contributed by atoms with Crippen molar-refractivity contribution in [2.75, 3.05) is 0 Å². The number of fused-ring (bicyclic) bond motifs is 5. The normalized spacial score (nSPS) is 40.1. The molecule has 0 amide bonds. The number of rotatable bonds is 6. The van der Waals surface area contributed by atoms with Gasteiger partial charge in [0, 0.05) is 6.07 Å². The summed E-state index contributed by atoms with van der Waals surface area (Å²) < 4.78 is 5.24. The van der Waals surface area contributed by atoms with Crippen LogP contribution in [0.4, 0.5) is 0 Å². The molecule has 0 aromatic carbocycles. The quantitative estimate of drug-likeness (QED) is 0.477. The van der Waals surface area contributed by atoms with Gasteiger partial charge in [-0.3, -0.25) is 4.79 Å². The van der Waals surface area contributed by atoms with Gasteiger partial charge in [-0.25, -0.2) is 4.79 Å². The van der Waals surface area contributed by atoms with Crippen LogP contribution in [0.1, 0.15) is 96.5 Å². The number of nitrogens with two attached hydrogens (primary N) is 1. The highest BCUT2D eigenvalue weighted by molar-refractivity contribution is 5.73. The zero-order chi connectivity index (χ0) is 25.0. The molecule has 35 heavy (non-hydrogen) atoms. The third-order valence-electron chi connectivity index (χ3n) is 11.0. The first-order valence-electron chi connectivity index (χ1n) is 13.9. The van der Waals surface area contributed by atoms with Gasteiger partial charge >= 0.3 is 11.6 Å². The van der Waals surface area contributed by atoms with Gasteiger partial charge in [-0.2, -0.15) is 0 Å². The first-order chi connectivity index (χ1) is 16.6. The SMILES string of the molecule is CC(C[C@@H]1CC[C@@]2(C)[C@H](CC[C@H]3C4=CC[C@H](c5ccc(=O)oc5)[C@@]4(C)CC[C@@H]32)C1)C[C@@H](N)C(=O)O. The van der Waals surface area contributed by atoms with Crippen LogP contribution < -0.4 is 11.4 Å². The Balaban J connectivity index is 1.27. The highest BCUT2D eigenvalue weighted by Gasteiger charge is 2.57. The van der Waals surface area contributed by atoms with Crippen LogP contribution in [0.2, 0.25) is 0 Å². The van der Waals surface area contributed by atoms with Crippen LogP contribution in [-0.2, 0) is 4.79 Å². The zero-order valence-corrected chi connectivity index (χ0v) is 21.7. The molecule has 1 unspecified atom stereocenters. The van der Waals surface area contributed by atoms with E-state index in [0.29, 0.717) is 35.5 Å². The molecule has 0 bridgehead atoms. The summed E-state index contributed by atoms with van der Waals surface area (Å²) in [6.45, 7) is 7.23. The minimum Gasteiger partial charge on any atom is -0.480 e. The van der Waals surface area contributed by atoms with Gasteiger partial charge in [-0.1, -0.05) is 32.4 Å². The van der Waals surface area contributed by atoms with E-state index in [1.807, 2.05) is 6.07 Å². The molecule has 5 heteroatoms. The maximum absolute atomic E-state index is 11.5. The molecule has 9 atom stereocenters. The number of carbonyl (C=O) groups is 1. The van der Waals surface area contributed by atoms with Crippen LogP contribution in [0.15, 0.2) is 39.3 Å². The molecule has 5 rings (SSSR count). The standard InChI is InChI=1S/C30H43NO4/c1-18(15-26(31)28(33)34)14-19-10-12-29(2)21(16-19)5-6-22-24-8-7-23(20-4-9-27(32)35-17-20)30(24,3)13-11-25(22)29/h4,8-9,17-19,21-23,25-26H,5-7,10-16,31H2,1-3H3,(H,33,34)/t18?,19-,21+,22-,23+,25-,26+,29-,30+/m0/s1. The minimum absolute atomic E-state index is 0.180. The summed E-state index contributed by atoms with van der Waals surface area (Å²) in [6, 6.07) is 2.82. The first kappa shape index (κ1) is 24.8. The van der Waals surface area contributed by atoms with E-state index in [9.17, 15) is 9.59 Å². The number of aliphatic carboxylic acids is 1. The Morgan fingerprint density at radius 1 is 1.20 bits per heavy atom.